The number of nitrogens with zero attached hydrogens (tertiary/aromatic N) is 2. The molecule has 1 fully saturated rings. The van der Waals surface area contributed by atoms with Gasteiger partial charge in [0.1, 0.15) is 6.04 Å². The van der Waals surface area contributed by atoms with Crippen molar-refractivity contribution < 1.29 is 9.59 Å². The Bertz CT molecular complexity index is 934. The molecule has 2 aromatic carbocycles. The number of carbonyl (C=O) groups excluding carboxylic acids is 2. The highest BCUT2D eigenvalue weighted by molar-refractivity contribution is 5.86. The third kappa shape index (κ3) is 4.41. The summed E-state index contributed by atoms with van der Waals surface area (Å²) in [4.78, 5) is 30.2. The first kappa shape index (κ1) is 20.6. The van der Waals surface area contributed by atoms with Crippen LogP contribution in [0.1, 0.15) is 46.7 Å². The molecular weight excluding hydrogens is 374 g/mol. The molecule has 0 spiro atoms. The number of hydrogen-bond acceptors (Lipinski definition) is 3. The van der Waals surface area contributed by atoms with E-state index in [1.807, 2.05) is 23.1 Å². The van der Waals surface area contributed by atoms with Gasteiger partial charge in [0.05, 0.1) is 6.54 Å². The molecule has 2 aliphatic heterocycles. The predicted octanol–water partition coefficient (Wildman–Crippen LogP) is 3.14. The van der Waals surface area contributed by atoms with Crippen molar-refractivity contribution in [2.75, 3.05) is 26.2 Å². The Morgan fingerprint density at radius 1 is 1.03 bits per heavy atom. The maximum atomic E-state index is 13.4. The minimum absolute atomic E-state index is 0.0329. The van der Waals surface area contributed by atoms with Gasteiger partial charge >= 0.3 is 0 Å². The van der Waals surface area contributed by atoms with Gasteiger partial charge in [0.2, 0.25) is 11.8 Å². The summed E-state index contributed by atoms with van der Waals surface area (Å²) in [6.07, 6.45) is 3.00. The molecule has 1 saturated heterocycles. The predicted molar refractivity (Wildman–Crippen MR) is 118 cm³/mol. The van der Waals surface area contributed by atoms with Crippen molar-refractivity contribution >= 4 is 11.8 Å². The van der Waals surface area contributed by atoms with E-state index in [9.17, 15) is 9.59 Å². The van der Waals surface area contributed by atoms with E-state index >= 15 is 0 Å². The zero-order valence-corrected chi connectivity index (χ0v) is 18.0. The molecule has 0 aliphatic carbocycles. The maximum absolute atomic E-state index is 13.4. The van der Waals surface area contributed by atoms with Gasteiger partial charge in [-0.2, -0.15) is 0 Å². The molecule has 2 aliphatic rings. The normalized spacial score (nSPS) is 18.9. The molecular formula is C25H31N3O2. The van der Waals surface area contributed by atoms with Crippen molar-refractivity contribution in [2.45, 2.75) is 45.7 Å². The summed E-state index contributed by atoms with van der Waals surface area (Å²) >= 11 is 0. The average molecular weight is 406 g/mol. The first-order valence-electron chi connectivity index (χ1n) is 11.0. The molecule has 1 unspecified atom stereocenters. The molecule has 5 nitrogen and oxygen atoms in total. The van der Waals surface area contributed by atoms with Crippen molar-refractivity contribution in [1.82, 2.24) is 15.1 Å². The molecule has 2 heterocycles. The second-order valence-electron chi connectivity index (χ2n) is 8.56. The average Bonchev–Trinajstić information content (AvgIpc) is 3.29. The number of nitrogens with one attached hydrogen (secondary N) is 1. The highest BCUT2D eigenvalue weighted by atomic mass is 16.2. The number of amides is 2. The lowest BCUT2D eigenvalue weighted by Crippen LogP contribution is -2.48. The van der Waals surface area contributed by atoms with E-state index in [4.69, 9.17) is 0 Å². The van der Waals surface area contributed by atoms with E-state index < -0.39 is 0 Å². The quantitative estimate of drug-likeness (QED) is 0.832. The summed E-state index contributed by atoms with van der Waals surface area (Å²) in [6, 6.07) is 14.1. The second-order valence-corrected chi connectivity index (χ2v) is 8.56. The van der Waals surface area contributed by atoms with Gasteiger partial charge in [-0.3, -0.25) is 14.5 Å². The molecule has 0 saturated carbocycles. The summed E-state index contributed by atoms with van der Waals surface area (Å²) < 4.78 is 0. The van der Waals surface area contributed by atoms with Gasteiger partial charge in [-0.15, -0.1) is 0 Å². The molecule has 1 N–H and O–H groups in total. The van der Waals surface area contributed by atoms with Crippen LogP contribution in [0.5, 0.6) is 0 Å². The SMILES string of the molecule is Cc1ccc(C)c(CNC(=O)CN2CCc3ccccc3C2C(=O)N2CCCC2)c1. The monoisotopic (exact) mass is 405 g/mol. The van der Waals surface area contributed by atoms with Crippen molar-refractivity contribution in [2.24, 2.45) is 0 Å². The number of likely N-dealkylation sites (tertiary alicyclic amines) is 1. The highest BCUT2D eigenvalue weighted by Crippen LogP contribution is 2.32. The fraction of sp³-hybridized carbons (Fsp3) is 0.440. The van der Waals surface area contributed by atoms with Crippen LogP contribution >= 0.6 is 0 Å². The smallest absolute Gasteiger partial charge is 0.244 e. The van der Waals surface area contributed by atoms with Crippen LogP contribution in [0.3, 0.4) is 0 Å². The molecule has 0 radical (unpaired) electrons. The summed E-state index contributed by atoms with van der Waals surface area (Å²) in [6.45, 7) is 7.25. The third-order valence-corrected chi connectivity index (χ3v) is 6.36. The van der Waals surface area contributed by atoms with Gasteiger partial charge in [-0.25, -0.2) is 0 Å². The van der Waals surface area contributed by atoms with Crippen LogP contribution < -0.4 is 5.32 Å². The Kier molecular flexibility index (Phi) is 6.18. The van der Waals surface area contributed by atoms with Crippen molar-refractivity contribution in [1.29, 1.82) is 0 Å². The first-order valence-corrected chi connectivity index (χ1v) is 11.0. The number of aryl methyl sites for hydroxylation is 2. The molecule has 158 valence electrons. The van der Waals surface area contributed by atoms with E-state index in [1.165, 1.54) is 16.7 Å². The van der Waals surface area contributed by atoms with Crippen molar-refractivity contribution in [3.05, 3.63) is 70.3 Å². The van der Waals surface area contributed by atoms with Crippen LogP contribution in [0.15, 0.2) is 42.5 Å². The Hall–Kier alpha value is -2.66. The topological polar surface area (TPSA) is 52.7 Å². The van der Waals surface area contributed by atoms with Crippen LogP contribution in [0.4, 0.5) is 0 Å². The third-order valence-electron chi connectivity index (χ3n) is 6.36. The Labute approximate surface area is 179 Å². The standard InChI is InChI=1S/C25H31N3O2/c1-18-9-10-19(2)21(15-18)16-26-23(29)17-28-14-11-20-7-3-4-8-22(20)24(28)25(30)27-12-5-6-13-27/h3-4,7-10,15,24H,5-6,11-14,16-17H2,1-2H3,(H,26,29). The number of carbonyl (C=O) groups is 2. The Balaban J connectivity index is 1.48. The molecule has 2 aromatic rings. The van der Waals surface area contributed by atoms with Gasteiger partial charge in [0.15, 0.2) is 0 Å². The molecule has 0 aromatic heterocycles. The first-order chi connectivity index (χ1) is 14.5. The van der Waals surface area contributed by atoms with Crippen LogP contribution in [-0.2, 0) is 22.6 Å². The second kappa shape index (κ2) is 9.00. The minimum Gasteiger partial charge on any atom is -0.351 e. The lowest BCUT2D eigenvalue weighted by Gasteiger charge is -2.37. The van der Waals surface area contributed by atoms with Crippen LogP contribution in [0.25, 0.3) is 0 Å². The molecule has 30 heavy (non-hydrogen) atoms. The van der Waals surface area contributed by atoms with Crippen LogP contribution in [-0.4, -0.2) is 47.8 Å². The Morgan fingerprint density at radius 2 is 1.80 bits per heavy atom. The lowest BCUT2D eigenvalue weighted by molar-refractivity contribution is -0.137. The summed E-state index contributed by atoms with van der Waals surface area (Å²) in [5.74, 6) is 0.108. The maximum Gasteiger partial charge on any atom is 0.244 e. The lowest BCUT2D eigenvalue weighted by atomic mass is 9.91. The van der Waals surface area contributed by atoms with E-state index in [1.54, 1.807) is 0 Å². The zero-order valence-electron chi connectivity index (χ0n) is 18.0. The molecule has 0 bridgehead atoms. The molecule has 4 rings (SSSR count). The van der Waals surface area contributed by atoms with Gasteiger partial charge in [0, 0.05) is 26.2 Å². The minimum atomic E-state index is -0.362. The van der Waals surface area contributed by atoms with E-state index in [2.05, 4.69) is 48.3 Å². The number of hydrogen-bond donors (Lipinski definition) is 1. The zero-order chi connectivity index (χ0) is 21.1. The van der Waals surface area contributed by atoms with Crippen molar-refractivity contribution in [3.8, 4) is 0 Å². The largest absolute Gasteiger partial charge is 0.351 e. The van der Waals surface area contributed by atoms with Gasteiger partial charge in [0.25, 0.3) is 0 Å². The van der Waals surface area contributed by atoms with E-state index in [0.29, 0.717) is 6.54 Å². The van der Waals surface area contributed by atoms with Gasteiger partial charge in [-0.1, -0.05) is 48.0 Å². The fourth-order valence-electron chi connectivity index (χ4n) is 4.61. The van der Waals surface area contributed by atoms with Crippen LogP contribution in [0.2, 0.25) is 0 Å². The van der Waals surface area contributed by atoms with Crippen molar-refractivity contribution in [3.63, 3.8) is 0 Å². The van der Waals surface area contributed by atoms with E-state index in [-0.39, 0.29) is 24.4 Å². The summed E-state index contributed by atoms with van der Waals surface area (Å²) in [5.41, 5.74) is 5.78. The number of rotatable bonds is 5. The van der Waals surface area contributed by atoms with Gasteiger partial charge < -0.3 is 10.2 Å². The highest BCUT2D eigenvalue weighted by Gasteiger charge is 2.36. The fourth-order valence-corrected chi connectivity index (χ4v) is 4.61. The molecule has 1 atom stereocenters. The molecule has 5 heteroatoms. The van der Waals surface area contributed by atoms with Crippen LogP contribution in [0, 0.1) is 13.8 Å². The number of benzene rings is 2. The summed E-state index contributed by atoms with van der Waals surface area (Å²) in [5, 5.41) is 3.06. The van der Waals surface area contributed by atoms with E-state index in [0.717, 1.165) is 50.0 Å². The summed E-state index contributed by atoms with van der Waals surface area (Å²) in [7, 11) is 0. The van der Waals surface area contributed by atoms with Gasteiger partial charge in [-0.05, 0) is 55.4 Å². The Morgan fingerprint density at radius 3 is 2.60 bits per heavy atom. The number of fused-ring (bicyclic) bond motifs is 1. The molecule has 2 amide bonds.